The van der Waals surface area contributed by atoms with Gasteiger partial charge in [-0.05, 0) is 164 Å². The van der Waals surface area contributed by atoms with Crippen LogP contribution in [0.3, 0.4) is 0 Å². The molecule has 156 valence electrons. The lowest BCUT2D eigenvalue weighted by atomic mass is 9.14. The molecule has 0 aliphatic heterocycles. The van der Waals surface area contributed by atoms with Crippen molar-refractivity contribution in [2.45, 2.75) is 83.5 Å². The minimum absolute atomic E-state index is 0.878. The van der Waals surface area contributed by atoms with Gasteiger partial charge in [0, 0.05) is 0 Å². The molecule has 0 aromatic heterocycles. The summed E-state index contributed by atoms with van der Waals surface area (Å²) >= 11 is 0. The first-order chi connectivity index (χ1) is 14.3. The number of fused-ring (bicyclic) bond motifs is 11. The molecule has 12 rings (SSSR count). The second-order valence-electron chi connectivity index (χ2n) is 15.0. The van der Waals surface area contributed by atoms with Gasteiger partial charge in [0.15, 0.2) is 0 Å². The van der Waals surface area contributed by atoms with E-state index in [9.17, 15) is 0 Å². The van der Waals surface area contributed by atoms with Gasteiger partial charge < -0.3 is 0 Å². The van der Waals surface area contributed by atoms with E-state index >= 15 is 0 Å². The zero-order valence-electron chi connectivity index (χ0n) is 18.3. The molecule has 0 heteroatoms. The van der Waals surface area contributed by atoms with Gasteiger partial charge in [0.1, 0.15) is 0 Å². The minimum atomic E-state index is 0.878. The van der Waals surface area contributed by atoms with Crippen molar-refractivity contribution < 1.29 is 0 Å². The van der Waals surface area contributed by atoms with E-state index in [1.807, 2.05) is 0 Å². The standard InChI is InChI=1S/C29H40/c1-2-22-20-10-17(4-3-14-8-15(20)9-14)29(22)11-16(12-29)21-13-28(7-1)26(21)25-23-18-5-6-19(18)24(23)27(25)28/h14-27H,1-13H2. The molecule has 0 aromatic carbocycles. The predicted octanol–water partition coefficient (Wildman–Crippen LogP) is 6.79. The van der Waals surface area contributed by atoms with Gasteiger partial charge >= 0.3 is 0 Å². The molecular weight excluding hydrogens is 348 g/mol. The Balaban J connectivity index is 0.999. The van der Waals surface area contributed by atoms with Gasteiger partial charge in [0.25, 0.3) is 0 Å². The summed E-state index contributed by atoms with van der Waals surface area (Å²) in [6.45, 7) is 0. The first-order valence-corrected chi connectivity index (χ1v) is 14.3. The van der Waals surface area contributed by atoms with Crippen LogP contribution in [-0.2, 0) is 0 Å². The average Bonchev–Trinajstić information content (AvgIpc) is 2.94. The van der Waals surface area contributed by atoms with E-state index in [1.165, 1.54) is 76.9 Å². The van der Waals surface area contributed by atoms with E-state index in [4.69, 9.17) is 0 Å². The summed E-state index contributed by atoms with van der Waals surface area (Å²) in [5.74, 6) is 17.1. The summed E-state index contributed by atoms with van der Waals surface area (Å²) in [5, 5.41) is 0. The van der Waals surface area contributed by atoms with Crippen LogP contribution >= 0.6 is 0 Å². The number of rotatable bonds is 0. The van der Waals surface area contributed by atoms with Crippen LogP contribution in [0.1, 0.15) is 83.5 Å². The van der Waals surface area contributed by atoms with Crippen molar-refractivity contribution in [2.24, 2.45) is 93.7 Å². The van der Waals surface area contributed by atoms with Gasteiger partial charge in [-0.3, -0.25) is 0 Å². The van der Waals surface area contributed by atoms with Crippen LogP contribution in [0.25, 0.3) is 0 Å². The number of hydrogen-bond donors (Lipinski definition) is 0. The largest absolute Gasteiger partial charge is 0.0525 e. The van der Waals surface area contributed by atoms with Crippen molar-refractivity contribution in [3.05, 3.63) is 0 Å². The Kier molecular flexibility index (Phi) is 2.47. The lowest BCUT2D eigenvalue weighted by molar-refractivity contribution is -0.429. The van der Waals surface area contributed by atoms with Crippen LogP contribution < -0.4 is 0 Å². The molecule has 2 spiro atoms. The van der Waals surface area contributed by atoms with Crippen LogP contribution in [0.4, 0.5) is 0 Å². The highest BCUT2D eigenvalue weighted by Gasteiger charge is 2.86. The fourth-order valence-corrected chi connectivity index (χ4v) is 14.5. The second-order valence-corrected chi connectivity index (χ2v) is 15.0. The topological polar surface area (TPSA) is 0 Å². The third kappa shape index (κ3) is 1.41. The zero-order chi connectivity index (χ0) is 18.3. The smallest absolute Gasteiger partial charge is 0.0227 e. The normalized spacial score (nSPS) is 76.1. The van der Waals surface area contributed by atoms with Crippen LogP contribution in [-0.4, -0.2) is 0 Å². The lowest BCUT2D eigenvalue weighted by Crippen LogP contribution is -2.85. The quantitative estimate of drug-likeness (QED) is 0.428. The second kappa shape index (κ2) is 4.55. The monoisotopic (exact) mass is 388 g/mol. The Morgan fingerprint density at radius 1 is 0.552 bits per heavy atom. The van der Waals surface area contributed by atoms with Crippen molar-refractivity contribution in [1.82, 2.24) is 0 Å². The van der Waals surface area contributed by atoms with Crippen molar-refractivity contribution >= 4 is 0 Å². The Hall–Kier alpha value is 0. The maximum Gasteiger partial charge on any atom is -0.0227 e. The van der Waals surface area contributed by atoms with Gasteiger partial charge in [0.05, 0.1) is 0 Å². The highest BCUT2D eigenvalue weighted by Crippen LogP contribution is 2.91. The van der Waals surface area contributed by atoms with Gasteiger partial charge in [-0.2, -0.15) is 0 Å². The van der Waals surface area contributed by atoms with Gasteiger partial charge in [-0.1, -0.05) is 12.8 Å². The molecule has 12 unspecified atom stereocenters. The summed E-state index contributed by atoms with van der Waals surface area (Å²) in [4.78, 5) is 0. The summed E-state index contributed by atoms with van der Waals surface area (Å²) in [6, 6.07) is 0. The lowest BCUT2D eigenvalue weighted by Gasteiger charge is -2.90. The van der Waals surface area contributed by atoms with E-state index < -0.39 is 0 Å². The highest BCUT2D eigenvalue weighted by molar-refractivity contribution is 5.33. The SMILES string of the molecule is C1CC2C3CC(CCC4CC3C4)C23CC(C3)C2CC3(C1)C2C1C2C4CCC4C2C13. The van der Waals surface area contributed by atoms with Crippen molar-refractivity contribution in [3.63, 3.8) is 0 Å². The van der Waals surface area contributed by atoms with Crippen molar-refractivity contribution in [1.29, 1.82) is 0 Å². The molecule has 0 aromatic rings. The van der Waals surface area contributed by atoms with E-state index in [1.54, 1.807) is 83.5 Å². The third-order valence-corrected chi connectivity index (χ3v) is 15.4. The Labute approximate surface area is 177 Å². The van der Waals surface area contributed by atoms with Crippen LogP contribution in [0.5, 0.6) is 0 Å². The van der Waals surface area contributed by atoms with E-state index in [2.05, 4.69) is 0 Å². The van der Waals surface area contributed by atoms with Gasteiger partial charge in [-0.25, -0.2) is 0 Å². The molecular formula is C29H40. The van der Waals surface area contributed by atoms with Crippen LogP contribution in [0.2, 0.25) is 0 Å². The molecule has 12 aliphatic rings. The van der Waals surface area contributed by atoms with Gasteiger partial charge in [-0.15, -0.1) is 0 Å². The first-order valence-electron chi connectivity index (χ1n) is 14.3. The third-order valence-electron chi connectivity index (χ3n) is 15.4. The van der Waals surface area contributed by atoms with E-state index in [0.29, 0.717) is 0 Å². The molecule has 0 heterocycles. The van der Waals surface area contributed by atoms with Crippen molar-refractivity contribution in [3.8, 4) is 0 Å². The Morgan fingerprint density at radius 3 is 2.28 bits per heavy atom. The van der Waals surface area contributed by atoms with Crippen LogP contribution in [0.15, 0.2) is 0 Å². The molecule has 12 atom stereocenters. The summed E-state index contributed by atoms with van der Waals surface area (Å²) in [5.41, 5.74) is 1.80. The fraction of sp³-hybridized carbons (Fsp3) is 1.00. The zero-order valence-corrected chi connectivity index (χ0v) is 18.3. The average molecular weight is 389 g/mol. The molecule has 29 heavy (non-hydrogen) atoms. The highest BCUT2D eigenvalue weighted by atomic mass is 14.9. The molecule has 12 saturated carbocycles. The maximum absolute atomic E-state index is 1.73. The van der Waals surface area contributed by atoms with Gasteiger partial charge in [0.2, 0.25) is 0 Å². The van der Waals surface area contributed by atoms with E-state index in [-0.39, 0.29) is 0 Å². The minimum Gasteiger partial charge on any atom is -0.0525 e. The summed E-state index contributed by atoms with van der Waals surface area (Å²) < 4.78 is 0. The molecule has 8 bridgehead atoms. The summed E-state index contributed by atoms with van der Waals surface area (Å²) in [7, 11) is 0. The predicted molar refractivity (Wildman–Crippen MR) is 114 cm³/mol. The summed E-state index contributed by atoms with van der Waals surface area (Å²) in [6.07, 6.45) is 21.7. The Bertz CT molecular complexity index is 799. The van der Waals surface area contributed by atoms with Crippen molar-refractivity contribution in [2.75, 3.05) is 0 Å². The Morgan fingerprint density at radius 2 is 1.41 bits per heavy atom. The molecule has 12 aliphatic carbocycles. The van der Waals surface area contributed by atoms with E-state index in [0.717, 1.165) is 16.7 Å². The van der Waals surface area contributed by atoms with Crippen LogP contribution in [0, 0.1) is 93.7 Å². The molecule has 0 amide bonds. The molecule has 0 N–H and O–H groups in total. The first kappa shape index (κ1) is 15.7. The molecule has 0 nitrogen and oxygen atoms in total. The molecule has 12 fully saturated rings. The maximum atomic E-state index is 1.73. The molecule has 0 radical (unpaired) electrons. The number of hydrogen-bond acceptors (Lipinski definition) is 0. The molecule has 0 saturated heterocycles. The fourth-order valence-electron chi connectivity index (χ4n) is 14.5.